The van der Waals surface area contributed by atoms with Gasteiger partial charge in [0.05, 0.1) is 25.3 Å². The SMILES string of the molecule is COc1ccc(-c2csc3ncnc(Nc4cc(NC(C)=O)ccc4OC)c23)cc1. The Morgan fingerprint density at radius 1 is 1.03 bits per heavy atom. The maximum Gasteiger partial charge on any atom is 0.221 e. The fourth-order valence-corrected chi connectivity index (χ4v) is 4.08. The molecule has 2 aromatic heterocycles. The highest BCUT2D eigenvalue weighted by Gasteiger charge is 2.15. The Hall–Kier alpha value is -3.65. The van der Waals surface area contributed by atoms with Crippen molar-refractivity contribution in [3.8, 4) is 22.6 Å². The van der Waals surface area contributed by atoms with Crippen LogP contribution in [-0.4, -0.2) is 30.1 Å². The van der Waals surface area contributed by atoms with Crippen molar-refractivity contribution >= 4 is 44.7 Å². The number of carbonyl (C=O) groups excluding carboxylic acids is 1. The van der Waals surface area contributed by atoms with Gasteiger partial charge in [0.15, 0.2) is 0 Å². The largest absolute Gasteiger partial charge is 0.497 e. The molecule has 2 N–H and O–H groups in total. The molecule has 0 radical (unpaired) electrons. The van der Waals surface area contributed by atoms with E-state index in [1.807, 2.05) is 30.3 Å². The summed E-state index contributed by atoms with van der Waals surface area (Å²) in [6, 6.07) is 13.3. The molecule has 0 aliphatic rings. The van der Waals surface area contributed by atoms with Crippen LogP contribution in [0.3, 0.4) is 0 Å². The summed E-state index contributed by atoms with van der Waals surface area (Å²) in [6.07, 6.45) is 1.53. The molecule has 0 aliphatic carbocycles. The third-order valence-corrected chi connectivity index (χ3v) is 5.43. The van der Waals surface area contributed by atoms with E-state index in [2.05, 4.69) is 26.0 Å². The minimum Gasteiger partial charge on any atom is -0.497 e. The second kappa shape index (κ2) is 8.38. The van der Waals surface area contributed by atoms with Crippen molar-refractivity contribution in [2.24, 2.45) is 0 Å². The molecule has 0 bridgehead atoms. The van der Waals surface area contributed by atoms with E-state index >= 15 is 0 Å². The molecule has 0 fully saturated rings. The van der Waals surface area contributed by atoms with Gasteiger partial charge in [0, 0.05) is 23.6 Å². The minimum absolute atomic E-state index is 0.143. The van der Waals surface area contributed by atoms with Gasteiger partial charge in [-0.1, -0.05) is 12.1 Å². The number of carbonyl (C=O) groups is 1. The molecule has 0 unspecified atom stereocenters. The molecular weight excluding hydrogens is 400 g/mol. The highest BCUT2D eigenvalue weighted by molar-refractivity contribution is 7.17. The summed E-state index contributed by atoms with van der Waals surface area (Å²) in [6.45, 7) is 1.47. The zero-order chi connectivity index (χ0) is 21.1. The zero-order valence-corrected chi connectivity index (χ0v) is 17.5. The number of aromatic nitrogens is 2. The van der Waals surface area contributed by atoms with E-state index in [9.17, 15) is 4.79 Å². The van der Waals surface area contributed by atoms with Crippen molar-refractivity contribution in [2.75, 3.05) is 24.9 Å². The van der Waals surface area contributed by atoms with Crippen LogP contribution in [0, 0.1) is 0 Å². The van der Waals surface area contributed by atoms with E-state index in [4.69, 9.17) is 9.47 Å². The summed E-state index contributed by atoms with van der Waals surface area (Å²) in [5, 5.41) is 9.12. The zero-order valence-electron chi connectivity index (χ0n) is 16.7. The first-order valence-electron chi connectivity index (χ1n) is 9.18. The van der Waals surface area contributed by atoms with Gasteiger partial charge in [0.2, 0.25) is 5.91 Å². The molecule has 0 saturated heterocycles. The van der Waals surface area contributed by atoms with Crippen molar-refractivity contribution in [2.45, 2.75) is 6.92 Å². The lowest BCUT2D eigenvalue weighted by Gasteiger charge is -2.14. The number of hydrogen-bond acceptors (Lipinski definition) is 7. The predicted molar refractivity (Wildman–Crippen MR) is 120 cm³/mol. The summed E-state index contributed by atoms with van der Waals surface area (Å²) in [5.41, 5.74) is 3.42. The number of rotatable bonds is 6. The third kappa shape index (κ3) is 3.90. The third-order valence-electron chi connectivity index (χ3n) is 4.54. The summed E-state index contributed by atoms with van der Waals surface area (Å²) in [4.78, 5) is 21.2. The van der Waals surface area contributed by atoms with Crippen molar-refractivity contribution in [1.82, 2.24) is 9.97 Å². The van der Waals surface area contributed by atoms with E-state index < -0.39 is 0 Å². The number of benzene rings is 2. The van der Waals surface area contributed by atoms with Gasteiger partial charge in [-0.15, -0.1) is 11.3 Å². The molecular formula is C22H20N4O3S. The van der Waals surface area contributed by atoms with Crippen molar-refractivity contribution in [1.29, 1.82) is 0 Å². The van der Waals surface area contributed by atoms with Gasteiger partial charge < -0.3 is 20.1 Å². The van der Waals surface area contributed by atoms with Crippen LogP contribution in [0.5, 0.6) is 11.5 Å². The van der Waals surface area contributed by atoms with E-state index in [0.29, 0.717) is 22.9 Å². The highest BCUT2D eigenvalue weighted by atomic mass is 32.1. The van der Waals surface area contributed by atoms with E-state index in [1.165, 1.54) is 13.3 Å². The Morgan fingerprint density at radius 2 is 1.83 bits per heavy atom. The van der Waals surface area contributed by atoms with Crippen molar-refractivity contribution in [3.05, 3.63) is 54.2 Å². The second-order valence-corrected chi connectivity index (χ2v) is 7.36. The average Bonchev–Trinajstić information content (AvgIpc) is 3.19. The normalized spacial score (nSPS) is 10.6. The van der Waals surface area contributed by atoms with Gasteiger partial charge in [0.1, 0.15) is 28.5 Å². The van der Waals surface area contributed by atoms with Crippen LogP contribution in [-0.2, 0) is 4.79 Å². The van der Waals surface area contributed by atoms with Crippen LogP contribution in [0.1, 0.15) is 6.92 Å². The molecule has 2 aromatic carbocycles. The first kappa shape index (κ1) is 19.7. The van der Waals surface area contributed by atoms with Gasteiger partial charge in [0.25, 0.3) is 0 Å². The van der Waals surface area contributed by atoms with E-state index in [0.717, 1.165) is 27.1 Å². The van der Waals surface area contributed by atoms with Crippen molar-refractivity contribution in [3.63, 3.8) is 0 Å². The van der Waals surface area contributed by atoms with Gasteiger partial charge in [-0.2, -0.15) is 0 Å². The lowest BCUT2D eigenvalue weighted by molar-refractivity contribution is -0.114. The molecule has 30 heavy (non-hydrogen) atoms. The topological polar surface area (TPSA) is 85.4 Å². The van der Waals surface area contributed by atoms with Crippen LogP contribution in [0.2, 0.25) is 0 Å². The molecule has 0 atom stereocenters. The number of thiophene rings is 1. The number of nitrogens with one attached hydrogen (secondary N) is 2. The first-order chi connectivity index (χ1) is 14.6. The summed E-state index contributed by atoms with van der Waals surface area (Å²) >= 11 is 1.55. The molecule has 7 nitrogen and oxygen atoms in total. The molecule has 4 rings (SSSR count). The molecule has 1 amide bonds. The van der Waals surface area contributed by atoms with Gasteiger partial charge >= 0.3 is 0 Å². The fourth-order valence-electron chi connectivity index (χ4n) is 3.17. The van der Waals surface area contributed by atoms with Crippen LogP contribution in [0.15, 0.2) is 54.2 Å². The molecule has 0 aliphatic heterocycles. The van der Waals surface area contributed by atoms with Crippen LogP contribution >= 0.6 is 11.3 Å². The van der Waals surface area contributed by atoms with E-state index in [1.54, 1.807) is 37.7 Å². The summed E-state index contributed by atoms with van der Waals surface area (Å²) < 4.78 is 10.7. The van der Waals surface area contributed by atoms with Crippen LogP contribution in [0.25, 0.3) is 21.3 Å². The number of methoxy groups -OCH3 is 2. The monoisotopic (exact) mass is 420 g/mol. The second-order valence-electron chi connectivity index (χ2n) is 6.50. The molecule has 0 saturated carbocycles. The Labute approximate surface area is 177 Å². The van der Waals surface area contributed by atoms with Crippen molar-refractivity contribution < 1.29 is 14.3 Å². The fraction of sp³-hybridized carbons (Fsp3) is 0.136. The Bertz CT molecular complexity index is 1200. The lowest BCUT2D eigenvalue weighted by atomic mass is 10.1. The molecule has 2 heterocycles. The molecule has 8 heteroatoms. The number of fused-ring (bicyclic) bond motifs is 1. The minimum atomic E-state index is -0.143. The maximum atomic E-state index is 11.4. The maximum absolute atomic E-state index is 11.4. The Morgan fingerprint density at radius 3 is 2.53 bits per heavy atom. The molecule has 0 spiro atoms. The number of amides is 1. The quantitative estimate of drug-likeness (QED) is 0.453. The lowest BCUT2D eigenvalue weighted by Crippen LogP contribution is -2.06. The predicted octanol–water partition coefficient (Wildman–Crippen LogP) is 5.08. The highest BCUT2D eigenvalue weighted by Crippen LogP contribution is 2.39. The Kier molecular flexibility index (Phi) is 5.49. The smallest absolute Gasteiger partial charge is 0.221 e. The van der Waals surface area contributed by atoms with E-state index in [-0.39, 0.29) is 5.91 Å². The van der Waals surface area contributed by atoms with Gasteiger partial charge in [-0.3, -0.25) is 4.79 Å². The first-order valence-corrected chi connectivity index (χ1v) is 10.1. The molecule has 152 valence electrons. The average molecular weight is 420 g/mol. The summed E-state index contributed by atoms with van der Waals surface area (Å²) in [5.74, 6) is 1.95. The summed E-state index contributed by atoms with van der Waals surface area (Å²) in [7, 11) is 3.24. The number of hydrogen-bond donors (Lipinski definition) is 2. The van der Waals surface area contributed by atoms with Gasteiger partial charge in [-0.05, 0) is 35.9 Å². The molecule has 4 aromatic rings. The number of nitrogens with zero attached hydrogens (tertiary/aromatic N) is 2. The van der Waals surface area contributed by atoms with Crippen LogP contribution < -0.4 is 20.1 Å². The Balaban J connectivity index is 1.78. The standard InChI is InChI=1S/C22H20N4O3S/c1-13(27)25-15-6-9-19(29-3)18(10-15)26-21-20-17(11-30-22(20)24-12-23-21)14-4-7-16(28-2)8-5-14/h4-12H,1-3H3,(H,25,27)(H,23,24,26). The van der Waals surface area contributed by atoms with Gasteiger partial charge in [-0.25, -0.2) is 9.97 Å². The number of anilines is 3. The van der Waals surface area contributed by atoms with Crippen LogP contribution in [0.4, 0.5) is 17.2 Å². The number of ether oxygens (including phenoxy) is 2.